The summed E-state index contributed by atoms with van der Waals surface area (Å²) in [5.41, 5.74) is 2.02. The van der Waals surface area contributed by atoms with Crippen LogP contribution < -0.4 is 0 Å². The number of nitrogens with one attached hydrogen (secondary N) is 1. The number of fused-ring (bicyclic) bond motifs is 1. The van der Waals surface area contributed by atoms with Gasteiger partial charge in [0.05, 0.1) is 16.8 Å². The fourth-order valence-electron chi connectivity index (χ4n) is 2.13. The predicted octanol–water partition coefficient (Wildman–Crippen LogP) is 4.46. The van der Waals surface area contributed by atoms with Gasteiger partial charge in [-0.05, 0) is 42.5 Å². The molecule has 6 heteroatoms. The third kappa shape index (κ3) is 1.96. The van der Waals surface area contributed by atoms with E-state index in [0.29, 0.717) is 27.1 Å². The molecule has 0 spiro atoms. The summed E-state index contributed by atoms with van der Waals surface area (Å²) in [5.74, 6) is -0.372. The molecule has 3 nitrogen and oxygen atoms in total. The molecule has 2 aromatic carbocycles. The van der Waals surface area contributed by atoms with Crippen molar-refractivity contribution in [2.75, 3.05) is 0 Å². The average molecular weight is 348 g/mol. The Labute approximate surface area is 127 Å². The molecule has 0 bridgehead atoms. The third-order valence-corrected chi connectivity index (χ3v) is 3.77. The van der Waals surface area contributed by atoms with E-state index >= 15 is 0 Å². The number of hydrogen-bond donors (Lipinski definition) is 1. The maximum absolute atomic E-state index is 13.8. The van der Waals surface area contributed by atoms with Crippen molar-refractivity contribution in [2.24, 2.45) is 0 Å². The zero-order valence-corrected chi connectivity index (χ0v) is 12.4. The summed E-state index contributed by atoms with van der Waals surface area (Å²) >= 11 is 8.58. The van der Waals surface area contributed by atoms with Gasteiger partial charge in [-0.15, -0.1) is 0 Å². The number of rotatable bonds is 1. The first-order chi connectivity index (χ1) is 9.61. The van der Waals surface area contributed by atoms with E-state index in [-0.39, 0.29) is 5.82 Å². The van der Waals surface area contributed by atoms with Crippen molar-refractivity contribution in [1.82, 2.24) is 9.55 Å². The highest BCUT2D eigenvalue weighted by molar-refractivity contribution is 9.10. The average Bonchev–Trinajstić information content (AvgIpc) is 2.77. The molecule has 1 heterocycles. The molecule has 0 saturated heterocycles. The molecule has 20 heavy (non-hydrogen) atoms. The summed E-state index contributed by atoms with van der Waals surface area (Å²) in [7, 11) is 0. The van der Waals surface area contributed by atoms with Crippen LogP contribution in [0, 0.1) is 21.9 Å². The van der Waals surface area contributed by atoms with Crippen LogP contribution in [0.5, 0.6) is 0 Å². The summed E-state index contributed by atoms with van der Waals surface area (Å²) in [6.45, 7) is 0. The molecule has 3 rings (SSSR count). The van der Waals surface area contributed by atoms with Crippen molar-refractivity contribution >= 4 is 39.2 Å². The molecule has 0 amide bonds. The molecule has 1 N–H and O–H groups in total. The van der Waals surface area contributed by atoms with Gasteiger partial charge in [-0.25, -0.2) is 4.39 Å². The third-order valence-electron chi connectivity index (χ3n) is 2.99. The lowest BCUT2D eigenvalue weighted by atomic mass is 10.2. The number of halogens is 2. The summed E-state index contributed by atoms with van der Waals surface area (Å²) in [5, 5.41) is 9.26. The molecular formula is C14H7BrFN3S. The quantitative estimate of drug-likeness (QED) is 0.660. The number of para-hydroxylation sites is 1. The summed E-state index contributed by atoms with van der Waals surface area (Å²) in [4.78, 5) is 2.84. The Hall–Kier alpha value is -1.97. The SMILES string of the molecule is N#Cc1cc(Br)ccc1-n1c(=S)[nH]c2c(F)cccc21. The van der Waals surface area contributed by atoms with E-state index in [1.54, 1.807) is 28.8 Å². The largest absolute Gasteiger partial charge is 0.328 e. The fraction of sp³-hybridized carbons (Fsp3) is 0. The van der Waals surface area contributed by atoms with Gasteiger partial charge in [0.1, 0.15) is 17.4 Å². The van der Waals surface area contributed by atoms with Crippen molar-refractivity contribution < 1.29 is 4.39 Å². The van der Waals surface area contributed by atoms with Crippen molar-refractivity contribution in [3.63, 3.8) is 0 Å². The molecule has 3 aromatic rings. The van der Waals surface area contributed by atoms with Crippen molar-refractivity contribution in [3.8, 4) is 11.8 Å². The second kappa shape index (κ2) is 4.85. The Kier molecular flexibility index (Phi) is 3.16. The summed E-state index contributed by atoms with van der Waals surface area (Å²) in [6.07, 6.45) is 0. The zero-order chi connectivity index (χ0) is 14.3. The van der Waals surface area contributed by atoms with E-state index in [1.165, 1.54) is 6.07 Å². The molecule has 0 atom stereocenters. The summed E-state index contributed by atoms with van der Waals surface area (Å²) in [6, 6.07) is 12.2. The minimum Gasteiger partial charge on any atom is -0.328 e. The van der Waals surface area contributed by atoms with Crippen LogP contribution in [0.2, 0.25) is 0 Å². The topological polar surface area (TPSA) is 44.5 Å². The van der Waals surface area contributed by atoms with Gasteiger partial charge in [0.25, 0.3) is 0 Å². The lowest BCUT2D eigenvalue weighted by Gasteiger charge is -2.07. The Bertz CT molecular complexity index is 920. The van der Waals surface area contributed by atoms with Gasteiger partial charge in [-0.2, -0.15) is 5.26 Å². The van der Waals surface area contributed by atoms with E-state index in [4.69, 9.17) is 12.2 Å². The van der Waals surface area contributed by atoms with Crippen LogP contribution in [0.15, 0.2) is 40.9 Å². The summed E-state index contributed by atoms with van der Waals surface area (Å²) < 4.78 is 16.6. The fourth-order valence-corrected chi connectivity index (χ4v) is 2.79. The Balaban J connectivity index is 2.42. The van der Waals surface area contributed by atoms with Crippen LogP contribution in [0.4, 0.5) is 4.39 Å². The van der Waals surface area contributed by atoms with Crippen LogP contribution in [0.1, 0.15) is 5.56 Å². The van der Waals surface area contributed by atoms with Crippen molar-refractivity contribution in [3.05, 3.63) is 57.0 Å². The van der Waals surface area contributed by atoms with Gasteiger partial charge >= 0.3 is 0 Å². The minimum atomic E-state index is -0.372. The number of hydrogen-bond acceptors (Lipinski definition) is 2. The van der Waals surface area contributed by atoms with Gasteiger partial charge in [0.2, 0.25) is 0 Å². The minimum absolute atomic E-state index is 0.337. The van der Waals surface area contributed by atoms with Crippen molar-refractivity contribution in [1.29, 1.82) is 5.26 Å². The molecule has 0 fully saturated rings. The Morgan fingerprint density at radius 2 is 2.10 bits per heavy atom. The molecule has 1 aromatic heterocycles. The second-order valence-electron chi connectivity index (χ2n) is 4.17. The highest BCUT2D eigenvalue weighted by atomic mass is 79.9. The van der Waals surface area contributed by atoms with E-state index in [9.17, 15) is 9.65 Å². The lowest BCUT2D eigenvalue weighted by molar-refractivity contribution is 0.637. The molecule has 0 saturated carbocycles. The van der Waals surface area contributed by atoms with E-state index in [1.807, 2.05) is 6.07 Å². The molecule has 98 valence electrons. The van der Waals surface area contributed by atoms with Crippen LogP contribution in [-0.4, -0.2) is 9.55 Å². The van der Waals surface area contributed by atoms with Gasteiger partial charge in [-0.1, -0.05) is 22.0 Å². The molecule has 0 aliphatic rings. The molecule has 0 unspecified atom stereocenters. The van der Waals surface area contributed by atoms with E-state index in [2.05, 4.69) is 27.0 Å². The maximum atomic E-state index is 13.8. The highest BCUT2D eigenvalue weighted by Gasteiger charge is 2.12. The number of benzene rings is 2. The highest BCUT2D eigenvalue weighted by Crippen LogP contribution is 2.25. The standard InChI is InChI=1S/C14H7BrFN3S/c15-9-4-5-11(8(6-9)7-17)19-12-3-1-2-10(16)13(12)18-14(19)20/h1-6H,(H,18,20). The zero-order valence-electron chi connectivity index (χ0n) is 10.0. The maximum Gasteiger partial charge on any atom is 0.182 e. The number of H-pyrrole nitrogens is 1. The van der Waals surface area contributed by atoms with Gasteiger partial charge in [-0.3, -0.25) is 4.57 Å². The number of aromatic amines is 1. The van der Waals surface area contributed by atoms with Gasteiger partial charge < -0.3 is 4.98 Å². The smallest absolute Gasteiger partial charge is 0.182 e. The molecule has 0 aliphatic heterocycles. The molecule has 0 radical (unpaired) electrons. The number of nitrogens with zero attached hydrogens (tertiary/aromatic N) is 2. The van der Waals surface area contributed by atoms with Crippen LogP contribution in [0.25, 0.3) is 16.7 Å². The normalized spacial score (nSPS) is 10.7. The van der Waals surface area contributed by atoms with Gasteiger partial charge in [0, 0.05) is 4.47 Å². The first kappa shape index (κ1) is 13.0. The van der Waals surface area contributed by atoms with E-state index < -0.39 is 0 Å². The molecular weight excluding hydrogens is 341 g/mol. The number of nitriles is 1. The Morgan fingerprint density at radius 1 is 1.30 bits per heavy atom. The van der Waals surface area contributed by atoms with Crippen molar-refractivity contribution in [2.45, 2.75) is 0 Å². The van der Waals surface area contributed by atoms with Crippen LogP contribution in [0.3, 0.4) is 0 Å². The first-order valence-electron chi connectivity index (χ1n) is 5.71. The first-order valence-corrected chi connectivity index (χ1v) is 6.91. The number of imidazole rings is 1. The van der Waals surface area contributed by atoms with Crippen LogP contribution >= 0.6 is 28.1 Å². The molecule has 0 aliphatic carbocycles. The second-order valence-corrected chi connectivity index (χ2v) is 5.48. The monoisotopic (exact) mass is 347 g/mol. The lowest BCUT2D eigenvalue weighted by Crippen LogP contribution is -1.97. The van der Waals surface area contributed by atoms with Crippen LogP contribution in [-0.2, 0) is 0 Å². The number of aromatic nitrogens is 2. The van der Waals surface area contributed by atoms with E-state index in [0.717, 1.165) is 4.47 Å². The Morgan fingerprint density at radius 3 is 2.85 bits per heavy atom. The predicted molar refractivity (Wildman–Crippen MR) is 80.8 cm³/mol. The van der Waals surface area contributed by atoms with Gasteiger partial charge in [0.15, 0.2) is 4.77 Å².